The standard InChI is InChI=1S/C16H23NO5/c1-16(2)21-13-12(17)11(8-18)20-15(14(13)22-16)19-9-10-6-4-3-5-7-10/h3-7,11-15,18H,8-9,17H2,1-2H3/t11-,12-,13+,14+,15+/m1/s1. The van der Waals surface area contributed by atoms with Crippen molar-refractivity contribution in [1.29, 1.82) is 0 Å². The van der Waals surface area contributed by atoms with Crippen LogP contribution in [0.2, 0.25) is 0 Å². The fraction of sp³-hybridized carbons (Fsp3) is 0.625. The molecule has 3 rings (SSSR count). The van der Waals surface area contributed by atoms with Crippen LogP contribution in [0.15, 0.2) is 30.3 Å². The lowest BCUT2D eigenvalue weighted by Crippen LogP contribution is -2.61. The third kappa shape index (κ3) is 3.17. The molecule has 22 heavy (non-hydrogen) atoms. The summed E-state index contributed by atoms with van der Waals surface area (Å²) in [6.07, 6.45) is -1.92. The predicted molar refractivity (Wildman–Crippen MR) is 78.8 cm³/mol. The predicted octanol–water partition coefficient (Wildman–Crippen LogP) is 0.768. The van der Waals surface area contributed by atoms with E-state index in [2.05, 4.69) is 0 Å². The van der Waals surface area contributed by atoms with E-state index in [9.17, 15) is 5.11 Å². The second-order valence-corrected chi connectivity index (χ2v) is 6.16. The quantitative estimate of drug-likeness (QED) is 0.855. The SMILES string of the molecule is CC1(C)O[C@@H]2[C@@H](OCc3ccccc3)O[C@H](CO)[C@@H](N)[C@@H]2O1. The minimum absolute atomic E-state index is 0.181. The van der Waals surface area contributed by atoms with Gasteiger partial charge in [0.25, 0.3) is 0 Å². The van der Waals surface area contributed by atoms with Crippen molar-refractivity contribution in [1.82, 2.24) is 0 Å². The van der Waals surface area contributed by atoms with Gasteiger partial charge in [0.2, 0.25) is 0 Å². The first-order chi connectivity index (χ1) is 10.5. The summed E-state index contributed by atoms with van der Waals surface area (Å²) >= 11 is 0. The molecule has 0 spiro atoms. The average Bonchev–Trinajstić information content (AvgIpc) is 2.84. The van der Waals surface area contributed by atoms with Crippen LogP contribution in [-0.4, -0.2) is 48.1 Å². The van der Waals surface area contributed by atoms with Gasteiger partial charge in [0.15, 0.2) is 12.1 Å². The Bertz CT molecular complexity index is 495. The second-order valence-electron chi connectivity index (χ2n) is 6.16. The number of hydrogen-bond acceptors (Lipinski definition) is 6. The van der Waals surface area contributed by atoms with Crippen LogP contribution < -0.4 is 5.73 Å². The minimum Gasteiger partial charge on any atom is -0.394 e. The molecule has 2 saturated heterocycles. The fourth-order valence-corrected chi connectivity index (χ4v) is 2.93. The van der Waals surface area contributed by atoms with E-state index < -0.39 is 30.3 Å². The normalized spacial score (nSPS) is 37.0. The molecule has 1 aromatic rings. The largest absolute Gasteiger partial charge is 0.394 e. The number of aliphatic hydroxyl groups excluding tert-OH is 1. The van der Waals surface area contributed by atoms with E-state index in [-0.39, 0.29) is 12.7 Å². The summed E-state index contributed by atoms with van der Waals surface area (Å²) in [6.45, 7) is 3.88. The van der Waals surface area contributed by atoms with Crippen LogP contribution in [0, 0.1) is 0 Å². The van der Waals surface area contributed by atoms with Gasteiger partial charge in [0, 0.05) is 0 Å². The third-order valence-corrected chi connectivity index (χ3v) is 3.99. The van der Waals surface area contributed by atoms with Crippen LogP contribution in [0.5, 0.6) is 0 Å². The lowest BCUT2D eigenvalue weighted by molar-refractivity contribution is -0.263. The Kier molecular flexibility index (Phi) is 4.49. The molecule has 0 saturated carbocycles. The molecule has 5 atom stereocenters. The Morgan fingerprint density at radius 1 is 1.18 bits per heavy atom. The highest BCUT2D eigenvalue weighted by Gasteiger charge is 2.54. The number of rotatable bonds is 4. The molecule has 0 unspecified atom stereocenters. The smallest absolute Gasteiger partial charge is 0.187 e. The number of aliphatic hydroxyl groups is 1. The molecule has 0 aromatic heterocycles. The maximum Gasteiger partial charge on any atom is 0.187 e. The van der Waals surface area contributed by atoms with E-state index in [4.69, 9.17) is 24.7 Å². The molecule has 0 amide bonds. The van der Waals surface area contributed by atoms with E-state index in [1.54, 1.807) is 0 Å². The summed E-state index contributed by atoms with van der Waals surface area (Å²) in [5.74, 6) is -0.741. The van der Waals surface area contributed by atoms with Gasteiger partial charge in [0.1, 0.15) is 18.3 Å². The number of nitrogens with two attached hydrogens (primary N) is 1. The van der Waals surface area contributed by atoms with Crippen LogP contribution >= 0.6 is 0 Å². The van der Waals surface area contributed by atoms with Gasteiger partial charge >= 0.3 is 0 Å². The number of hydrogen-bond donors (Lipinski definition) is 2. The van der Waals surface area contributed by atoms with E-state index in [0.717, 1.165) is 5.56 Å². The van der Waals surface area contributed by atoms with E-state index in [1.807, 2.05) is 44.2 Å². The number of ether oxygens (including phenoxy) is 4. The van der Waals surface area contributed by atoms with Crippen molar-refractivity contribution in [3.63, 3.8) is 0 Å². The average molecular weight is 309 g/mol. The van der Waals surface area contributed by atoms with Gasteiger partial charge in [-0.1, -0.05) is 30.3 Å². The molecule has 2 fully saturated rings. The van der Waals surface area contributed by atoms with Crippen LogP contribution in [0.25, 0.3) is 0 Å². The Hall–Kier alpha value is -1.02. The second kappa shape index (κ2) is 6.23. The van der Waals surface area contributed by atoms with Crippen molar-refractivity contribution in [2.24, 2.45) is 5.73 Å². The molecule has 1 aromatic carbocycles. The molecule has 2 aliphatic rings. The molecule has 0 radical (unpaired) electrons. The lowest BCUT2D eigenvalue weighted by Gasteiger charge is -2.39. The van der Waals surface area contributed by atoms with Gasteiger partial charge in [-0.25, -0.2) is 0 Å². The first kappa shape index (κ1) is 15.9. The maximum absolute atomic E-state index is 9.46. The molecule has 6 heteroatoms. The monoisotopic (exact) mass is 309 g/mol. The molecule has 0 aliphatic carbocycles. The van der Waals surface area contributed by atoms with Crippen molar-refractivity contribution in [3.8, 4) is 0 Å². The van der Waals surface area contributed by atoms with Gasteiger partial charge in [-0.2, -0.15) is 0 Å². The zero-order chi connectivity index (χ0) is 15.7. The minimum atomic E-state index is -0.741. The van der Waals surface area contributed by atoms with Crippen LogP contribution in [0.3, 0.4) is 0 Å². The van der Waals surface area contributed by atoms with Crippen LogP contribution in [0.1, 0.15) is 19.4 Å². The van der Waals surface area contributed by atoms with Crippen molar-refractivity contribution in [2.75, 3.05) is 6.61 Å². The van der Waals surface area contributed by atoms with E-state index >= 15 is 0 Å². The highest BCUT2D eigenvalue weighted by atomic mass is 16.8. The van der Waals surface area contributed by atoms with Crippen molar-refractivity contribution >= 4 is 0 Å². The van der Waals surface area contributed by atoms with Gasteiger partial charge in [-0.3, -0.25) is 0 Å². The fourth-order valence-electron chi connectivity index (χ4n) is 2.93. The van der Waals surface area contributed by atoms with E-state index in [1.165, 1.54) is 0 Å². The van der Waals surface area contributed by atoms with Gasteiger partial charge < -0.3 is 29.8 Å². The Morgan fingerprint density at radius 3 is 2.55 bits per heavy atom. The van der Waals surface area contributed by atoms with Gasteiger partial charge in [-0.15, -0.1) is 0 Å². The number of fused-ring (bicyclic) bond motifs is 1. The lowest BCUT2D eigenvalue weighted by atomic mass is 9.97. The topological polar surface area (TPSA) is 83.2 Å². The summed E-state index contributed by atoms with van der Waals surface area (Å²) < 4.78 is 23.4. The van der Waals surface area contributed by atoms with Crippen LogP contribution in [-0.2, 0) is 25.6 Å². The molecule has 2 heterocycles. The zero-order valence-electron chi connectivity index (χ0n) is 12.8. The van der Waals surface area contributed by atoms with Gasteiger partial charge in [0.05, 0.1) is 19.3 Å². The first-order valence-electron chi connectivity index (χ1n) is 7.53. The van der Waals surface area contributed by atoms with Crippen molar-refractivity contribution in [3.05, 3.63) is 35.9 Å². The number of benzene rings is 1. The Morgan fingerprint density at radius 2 is 1.86 bits per heavy atom. The first-order valence-corrected chi connectivity index (χ1v) is 7.53. The van der Waals surface area contributed by atoms with Crippen molar-refractivity contribution in [2.45, 2.75) is 56.9 Å². The van der Waals surface area contributed by atoms with E-state index in [0.29, 0.717) is 6.61 Å². The summed E-state index contributed by atoms with van der Waals surface area (Å²) in [5, 5.41) is 9.46. The van der Waals surface area contributed by atoms with Gasteiger partial charge in [-0.05, 0) is 19.4 Å². The highest BCUT2D eigenvalue weighted by molar-refractivity contribution is 5.13. The summed E-state index contributed by atoms with van der Waals surface area (Å²) in [5.41, 5.74) is 7.16. The van der Waals surface area contributed by atoms with Crippen LogP contribution in [0.4, 0.5) is 0 Å². The molecular formula is C16H23NO5. The van der Waals surface area contributed by atoms with Crippen molar-refractivity contribution < 1.29 is 24.1 Å². The summed E-state index contributed by atoms with van der Waals surface area (Å²) in [7, 11) is 0. The summed E-state index contributed by atoms with van der Waals surface area (Å²) in [6, 6.07) is 9.36. The summed E-state index contributed by atoms with van der Waals surface area (Å²) in [4.78, 5) is 0. The Balaban J connectivity index is 1.71. The molecule has 2 aliphatic heterocycles. The molecular weight excluding hydrogens is 286 g/mol. The third-order valence-electron chi connectivity index (χ3n) is 3.99. The maximum atomic E-state index is 9.46. The highest BCUT2D eigenvalue weighted by Crippen LogP contribution is 2.37. The zero-order valence-corrected chi connectivity index (χ0v) is 12.8. The Labute approximate surface area is 130 Å². The molecule has 6 nitrogen and oxygen atoms in total. The molecule has 0 bridgehead atoms. The molecule has 122 valence electrons. The molecule has 3 N–H and O–H groups in total.